The molecule has 0 saturated heterocycles. The van der Waals surface area contributed by atoms with Crippen LogP contribution in [-0.2, 0) is 23.0 Å². The fourth-order valence-corrected chi connectivity index (χ4v) is 1.99. The molecular formula is C14H12ClF3N2O2. The lowest BCUT2D eigenvalue weighted by Crippen LogP contribution is -2.26. The van der Waals surface area contributed by atoms with Crippen molar-refractivity contribution in [2.45, 2.75) is 18.7 Å². The molecule has 0 aliphatic rings. The van der Waals surface area contributed by atoms with Crippen LogP contribution in [-0.4, -0.2) is 21.9 Å². The Balaban J connectivity index is 2.13. The van der Waals surface area contributed by atoms with Gasteiger partial charge in [0.2, 0.25) is 6.10 Å². The molecule has 0 bridgehead atoms. The van der Waals surface area contributed by atoms with Gasteiger partial charge in [-0.3, -0.25) is 9.48 Å². The first-order valence-electron chi connectivity index (χ1n) is 6.25. The van der Waals surface area contributed by atoms with Crippen molar-refractivity contribution in [1.82, 2.24) is 9.78 Å². The molecule has 4 nitrogen and oxygen atoms in total. The Bertz CT molecular complexity index is 653. The zero-order valence-electron chi connectivity index (χ0n) is 11.5. The Morgan fingerprint density at radius 2 is 2.00 bits per heavy atom. The molecular weight excluding hydrogens is 321 g/mol. The van der Waals surface area contributed by atoms with Gasteiger partial charge in [0.25, 0.3) is 0 Å². The van der Waals surface area contributed by atoms with E-state index in [0.29, 0.717) is 10.6 Å². The molecule has 0 aliphatic carbocycles. The molecule has 0 saturated carbocycles. The largest absolute Gasteiger partial charge is 0.447 e. The minimum absolute atomic E-state index is 0.184. The maximum atomic E-state index is 13.1. The number of ether oxygens (including phenoxy) is 1. The number of hydrogen-bond donors (Lipinski definition) is 0. The van der Waals surface area contributed by atoms with E-state index in [4.69, 9.17) is 11.6 Å². The maximum Gasteiger partial charge on any atom is 0.429 e. The third kappa shape index (κ3) is 4.24. The van der Waals surface area contributed by atoms with Gasteiger partial charge in [-0.2, -0.15) is 18.3 Å². The Kier molecular flexibility index (Phi) is 4.75. The summed E-state index contributed by atoms with van der Waals surface area (Å²) in [6.45, 7) is 0. The summed E-state index contributed by atoms with van der Waals surface area (Å²) in [5.41, 5.74) is 0.293. The van der Waals surface area contributed by atoms with E-state index >= 15 is 0 Å². The number of aromatic nitrogens is 2. The number of nitrogens with zero attached hydrogens (tertiary/aromatic N) is 2. The molecule has 1 heterocycles. The number of benzene rings is 1. The van der Waals surface area contributed by atoms with E-state index < -0.39 is 18.2 Å². The number of esters is 1. The molecule has 1 aromatic heterocycles. The molecule has 118 valence electrons. The Morgan fingerprint density at radius 1 is 1.36 bits per heavy atom. The standard InChI is InChI=1S/C14H12ClF3N2O2/c1-20-8-9(7-19-20)6-12(21)22-13(14(16,17)18)10-2-4-11(15)5-3-10/h2-5,7-8,13H,6H2,1H3. The van der Waals surface area contributed by atoms with Crippen LogP contribution in [0, 0.1) is 0 Å². The highest BCUT2D eigenvalue weighted by Gasteiger charge is 2.44. The van der Waals surface area contributed by atoms with Gasteiger partial charge in [-0.1, -0.05) is 23.7 Å². The van der Waals surface area contributed by atoms with Crippen molar-refractivity contribution in [2.75, 3.05) is 0 Å². The van der Waals surface area contributed by atoms with Gasteiger partial charge in [0.1, 0.15) is 0 Å². The van der Waals surface area contributed by atoms with Crippen LogP contribution in [0.15, 0.2) is 36.7 Å². The van der Waals surface area contributed by atoms with E-state index in [1.54, 1.807) is 7.05 Å². The third-order valence-electron chi connectivity index (χ3n) is 2.83. The lowest BCUT2D eigenvalue weighted by atomic mass is 10.1. The molecule has 8 heteroatoms. The molecule has 1 atom stereocenters. The predicted octanol–water partition coefficient (Wildman–Crippen LogP) is 3.46. The zero-order chi connectivity index (χ0) is 16.3. The molecule has 1 aromatic carbocycles. The van der Waals surface area contributed by atoms with Crippen LogP contribution in [0.4, 0.5) is 13.2 Å². The molecule has 0 spiro atoms. The van der Waals surface area contributed by atoms with Gasteiger partial charge in [-0.05, 0) is 12.1 Å². The molecule has 0 fully saturated rings. The highest BCUT2D eigenvalue weighted by molar-refractivity contribution is 6.30. The number of carbonyl (C=O) groups is 1. The van der Waals surface area contributed by atoms with Crippen LogP contribution in [0.5, 0.6) is 0 Å². The number of alkyl halides is 3. The number of hydrogen-bond acceptors (Lipinski definition) is 3. The minimum Gasteiger partial charge on any atom is -0.447 e. The topological polar surface area (TPSA) is 44.1 Å². The highest BCUT2D eigenvalue weighted by Crippen LogP contribution is 2.36. The summed E-state index contributed by atoms with van der Waals surface area (Å²) in [4.78, 5) is 11.7. The molecule has 0 N–H and O–H groups in total. The first kappa shape index (κ1) is 16.4. The van der Waals surface area contributed by atoms with Gasteiger partial charge in [0.05, 0.1) is 12.6 Å². The smallest absolute Gasteiger partial charge is 0.429 e. The van der Waals surface area contributed by atoms with Gasteiger partial charge in [-0.15, -0.1) is 0 Å². The Hall–Kier alpha value is -2.02. The van der Waals surface area contributed by atoms with E-state index in [0.717, 1.165) is 0 Å². The normalized spacial score (nSPS) is 13.0. The minimum atomic E-state index is -4.71. The van der Waals surface area contributed by atoms with Crippen LogP contribution in [0.25, 0.3) is 0 Å². The van der Waals surface area contributed by atoms with Gasteiger partial charge in [0, 0.05) is 29.4 Å². The van der Waals surface area contributed by atoms with Crippen LogP contribution < -0.4 is 0 Å². The summed E-state index contributed by atoms with van der Waals surface area (Å²) in [7, 11) is 1.64. The van der Waals surface area contributed by atoms with Gasteiger partial charge in [0.15, 0.2) is 0 Å². The van der Waals surface area contributed by atoms with Crippen molar-refractivity contribution in [3.05, 3.63) is 52.8 Å². The van der Waals surface area contributed by atoms with Crippen molar-refractivity contribution >= 4 is 17.6 Å². The van der Waals surface area contributed by atoms with Crippen molar-refractivity contribution in [1.29, 1.82) is 0 Å². The first-order valence-corrected chi connectivity index (χ1v) is 6.62. The van der Waals surface area contributed by atoms with E-state index in [-0.39, 0.29) is 12.0 Å². The summed E-state index contributed by atoms with van der Waals surface area (Å²) in [6, 6.07) is 4.98. The summed E-state index contributed by atoms with van der Waals surface area (Å²) < 4.78 is 45.3. The molecule has 2 rings (SSSR count). The van der Waals surface area contributed by atoms with Crippen molar-refractivity contribution in [3.63, 3.8) is 0 Å². The predicted molar refractivity (Wildman–Crippen MR) is 73.3 cm³/mol. The summed E-state index contributed by atoms with van der Waals surface area (Å²) in [5, 5.41) is 4.14. The molecule has 2 aromatic rings. The number of carbonyl (C=O) groups excluding carboxylic acids is 1. The Labute approximate surface area is 129 Å². The van der Waals surface area contributed by atoms with E-state index in [9.17, 15) is 18.0 Å². The van der Waals surface area contributed by atoms with Crippen molar-refractivity contribution in [3.8, 4) is 0 Å². The first-order chi connectivity index (χ1) is 10.3. The van der Waals surface area contributed by atoms with E-state index in [1.165, 1.54) is 41.3 Å². The number of halogens is 4. The fraction of sp³-hybridized carbons (Fsp3) is 0.286. The van der Waals surface area contributed by atoms with E-state index in [1.807, 2.05) is 0 Å². The molecule has 1 unspecified atom stereocenters. The lowest BCUT2D eigenvalue weighted by molar-refractivity contribution is -0.223. The monoisotopic (exact) mass is 332 g/mol. The van der Waals surface area contributed by atoms with Crippen LogP contribution >= 0.6 is 11.6 Å². The van der Waals surface area contributed by atoms with Crippen LogP contribution in [0.1, 0.15) is 17.2 Å². The lowest BCUT2D eigenvalue weighted by Gasteiger charge is -2.21. The van der Waals surface area contributed by atoms with Crippen molar-refractivity contribution in [2.24, 2.45) is 7.05 Å². The van der Waals surface area contributed by atoms with Gasteiger partial charge < -0.3 is 4.74 Å². The Morgan fingerprint density at radius 3 is 2.50 bits per heavy atom. The quantitative estimate of drug-likeness (QED) is 0.805. The molecule has 0 radical (unpaired) electrons. The molecule has 0 aliphatic heterocycles. The summed E-state index contributed by atoms with van der Waals surface area (Å²) in [6.07, 6.45) is -4.39. The number of rotatable bonds is 4. The number of aryl methyl sites for hydroxylation is 1. The second-order valence-corrected chi connectivity index (χ2v) is 5.10. The summed E-state index contributed by atoms with van der Waals surface area (Å²) >= 11 is 5.65. The van der Waals surface area contributed by atoms with Gasteiger partial charge in [-0.25, -0.2) is 0 Å². The summed E-state index contributed by atoms with van der Waals surface area (Å²) in [5.74, 6) is -0.981. The second-order valence-electron chi connectivity index (χ2n) is 4.66. The van der Waals surface area contributed by atoms with Gasteiger partial charge >= 0.3 is 12.1 Å². The third-order valence-corrected chi connectivity index (χ3v) is 3.08. The average Bonchev–Trinajstić information content (AvgIpc) is 2.81. The molecule has 22 heavy (non-hydrogen) atoms. The van der Waals surface area contributed by atoms with Crippen molar-refractivity contribution < 1.29 is 22.7 Å². The maximum absolute atomic E-state index is 13.1. The SMILES string of the molecule is Cn1cc(CC(=O)OC(c2ccc(Cl)cc2)C(F)(F)F)cn1. The second kappa shape index (κ2) is 6.39. The fourth-order valence-electron chi connectivity index (χ4n) is 1.86. The average molecular weight is 333 g/mol. The molecule has 0 amide bonds. The zero-order valence-corrected chi connectivity index (χ0v) is 12.2. The highest BCUT2D eigenvalue weighted by atomic mass is 35.5. The van der Waals surface area contributed by atoms with Crippen LogP contribution in [0.2, 0.25) is 5.02 Å². The van der Waals surface area contributed by atoms with E-state index in [2.05, 4.69) is 9.84 Å². The van der Waals surface area contributed by atoms with Crippen LogP contribution in [0.3, 0.4) is 0 Å².